The quantitative estimate of drug-likeness (QED) is 0.702. The van der Waals surface area contributed by atoms with E-state index in [4.69, 9.17) is 0 Å². The summed E-state index contributed by atoms with van der Waals surface area (Å²) in [6.07, 6.45) is 2.52. The van der Waals surface area contributed by atoms with E-state index >= 15 is 0 Å². The fourth-order valence-corrected chi connectivity index (χ4v) is 3.49. The number of carbonyl (C=O) groups is 1. The summed E-state index contributed by atoms with van der Waals surface area (Å²) in [6.45, 7) is 6.00. The molecule has 1 atom stereocenters. The lowest BCUT2D eigenvalue weighted by atomic mass is 10.0. The van der Waals surface area contributed by atoms with Crippen LogP contribution in [0, 0.1) is 18.7 Å². The van der Waals surface area contributed by atoms with Gasteiger partial charge in [0.1, 0.15) is 16.5 Å². The molecule has 26 heavy (non-hydrogen) atoms. The summed E-state index contributed by atoms with van der Waals surface area (Å²) in [5, 5.41) is 10.1. The second kappa shape index (κ2) is 7.78. The van der Waals surface area contributed by atoms with Gasteiger partial charge in [-0.3, -0.25) is 4.79 Å². The molecule has 0 saturated heterocycles. The van der Waals surface area contributed by atoms with E-state index in [0.717, 1.165) is 11.4 Å². The lowest BCUT2D eigenvalue weighted by Crippen LogP contribution is -2.30. The van der Waals surface area contributed by atoms with Gasteiger partial charge in [0.25, 0.3) is 5.91 Å². The van der Waals surface area contributed by atoms with Gasteiger partial charge in [-0.15, -0.1) is 11.3 Å². The molecule has 1 unspecified atom stereocenters. The number of hydrogen-bond acceptors (Lipinski definition) is 4. The molecule has 0 spiro atoms. The topological polar surface area (TPSA) is 59.8 Å². The van der Waals surface area contributed by atoms with E-state index in [1.165, 1.54) is 22.1 Å². The maximum absolute atomic E-state index is 14.0. The highest BCUT2D eigenvalue weighted by Gasteiger charge is 2.22. The van der Waals surface area contributed by atoms with Gasteiger partial charge in [-0.1, -0.05) is 26.0 Å². The summed E-state index contributed by atoms with van der Waals surface area (Å²) in [5.41, 5.74) is 1.27. The molecule has 0 saturated carbocycles. The van der Waals surface area contributed by atoms with Crippen LogP contribution < -0.4 is 5.32 Å². The van der Waals surface area contributed by atoms with E-state index in [2.05, 4.69) is 29.2 Å². The van der Waals surface area contributed by atoms with Gasteiger partial charge in [0.2, 0.25) is 0 Å². The molecular weight excluding hydrogens is 351 g/mol. The average molecular weight is 372 g/mol. The van der Waals surface area contributed by atoms with Crippen LogP contribution in [0.4, 0.5) is 4.39 Å². The Hall–Kier alpha value is -2.54. The first-order chi connectivity index (χ1) is 12.5. The van der Waals surface area contributed by atoms with Crippen molar-refractivity contribution in [2.75, 3.05) is 0 Å². The van der Waals surface area contributed by atoms with Crippen LogP contribution in [0.25, 0.3) is 5.69 Å². The van der Waals surface area contributed by atoms with E-state index in [-0.39, 0.29) is 23.5 Å². The Balaban J connectivity index is 1.84. The number of carbonyl (C=O) groups excluding carboxylic acids is 1. The molecule has 2 heterocycles. The number of halogens is 1. The highest BCUT2D eigenvalue weighted by atomic mass is 32.1. The SMILES string of the molecule is Cc1cc(C(=O)NC(CC(C)C)c2nccs2)nn1-c1ccccc1F. The maximum atomic E-state index is 14.0. The number of aromatic nitrogens is 3. The van der Waals surface area contributed by atoms with Gasteiger partial charge in [0.15, 0.2) is 5.69 Å². The highest BCUT2D eigenvalue weighted by Crippen LogP contribution is 2.24. The van der Waals surface area contributed by atoms with Crippen molar-refractivity contribution in [1.82, 2.24) is 20.1 Å². The summed E-state index contributed by atoms with van der Waals surface area (Å²) in [4.78, 5) is 17.0. The lowest BCUT2D eigenvalue weighted by molar-refractivity contribution is 0.0926. The molecule has 1 amide bonds. The van der Waals surface area contributed by atoms with Crippen molar-refractivity contribution in [2.45, 2.75) is 33.2 Å². The van der Waals surface area contributed by atoms with Crippen LogP contribution in [0.2, 0.25) is 0 Å². The normalized spacial score (nSPS) is 12.3. The molecule has 0 radical (unpaired) electrons. The predicted octanol–water partition coefficient (Wildman–Crippen LogP) is 4.29. The van der Waals surface area contributed by atoms with E-state index < -0.39 is 0 Å². The van der Waals surface area contributed by atoms with Gasteiger partial charge in [0, 0.05) is 17.3 Å². The molecule has 5 nitrogen and oxygen atoms in total. The summed E-state index contributed by atoms with van der Waals surface area (Å²) in [7, 11) is 0. The number of nitrogens with zero attached hydrogens (tertiary/aromatic N) is 3. The van der Waals surface area contributed by atoms with E-state index in [9.17, 15) is 9.18 Å². The number of hydrogen-bond donors (Lipinski definition) is 1. The third-order valence-electron chi connectivity index (χ3n) is 3.96. The van der Waals surface area contributed by atoms with E-state index in [1.54, 1.807) is 37.4 Å². The monoisotopic (exact) mass is 372 g/mol. The molecule has 0 fully saturated rings. The Labute approximate surface area is 155 Å². The molecule has 1 N–H and O–H groups in total. The minimum absolute atomic E-state index is 0.165. The molecular formula is C19H21FN4OS. The smallest absolute Gasteiger partial charge is 0.272 e. The minimum Gasteiger partial charge on any atom is -0.341 e. The number of aryl methyl sites for hydroxylation is 1. The zero-order valence-electron chi connectivity index (χ0n) is 14.9. The molecule has 3 aromatic rings. The first kappa shape index (κ1) is 18.3. The van der Waals surface area contributed by atoms with Crippen molar-refractivity contribution in [3.8, 4) is 5.69 Å². The lowest BCUT2D eigenvalue weighted by Gasteiger charge is -2.17. The van der Waals surface area contributed by atoms with Crippen molar-refractivity contribution in [2.24, 2.45) is 5.92 Å². The summed E-state index contributed by atoms with van der Waals surface area (Å²) in [5.74, 6) is -0.267. The number of benzene rings is 1. The zero-order chi connectivity index (χ0) is 18.7. The summed E-state index contributed by atoms with van der Waals surface area (Å²) in [6, 6.07) is 7.86. The van der Waals surface area contributed by atoms with Gasteiger partial charge in [-0.2, -0.15) is 5.10 Å². The molecule has 7 heteroatoms. The third-order valence-corrected chi connectivity index (χ3v) is 4.85. The Morgan fingerprint density at radius 3 is 2.77 bits per heavy atom. The second-order valence-electron chi connectivity index (χ2n) is 6.56. The fraction of sp³-hybridized carbons (Fsp3) is 0.316. The van der Waals surface area contributed by atoms with Gasteiger partial charge < -0.3 is 5.32 Å². The third kappa shape index (κ3) is 3.99. The van der Waals surface area contributed by atoms with E-state index in [1.807, 2.05) is 5.38 Å². The van der Waals surface area contributed by atoms with Crippen LogP contribution in [-0.4, -0.2) is 20.7 Å². The molecule has 0 aliphatic heterocycles. The van der Waals surface area contributed by atoms with Crippen molar-refractivity contribution in [3.63, 3.8) is 0 Å². The van der Waals surface area contributed by atoms with Crippen LogP contribution in [0.1, 0.15) is 47.5 Å². The number of amides is 1. The molecule has 0 bridgehead atoms. The van der Waals surface area contributed by atoms with Crippen LogP contribution in [0.15, 0.2) is 41.9 Å². The van der Waals surface area contributed by atoms with Crippen molar-refractivity contribution < 1.29 is 9.18 Å². The zero-order valence-corrected chi connectivity index (χ0v) is 15.8. The second-order valence-corrected chi connectivity index (χ2v) is 7.49. The fourth-order valence-electron chi connectivity index (χ4n) is 2.78. The number of thiazole rings is 1. The van der Waals surface area contributed by atoms with Crippen LogP contribution in [0.5, 0.6) is 0 Å². The molecule has 2 aromatic heterocycles. The molecule has 136 valence electrons. The summed E-state index contributed by atoms with van der Waals surface area (Å²) >= 11 is 1.52. The van der Waals surface area contributed by atoms with Gasteiger partial charge >= 0.3 is 0 Å². The first-order valence-corrected chi connectivity index (χ1v) is 9.35. The predicted molar refractivity (Wildman–Crippen MR) is 100 cm³/mol. The Bertz CT molecular complexity index is 889. The number of nitrogens with one attached hydrogen (secondary N) is 1. The van der Waals surface area contributed by atoms with E-state index in [0.29, 0.717) is 17.3 Å². The Kier molecular flexibility index (Phi) is 5.46. The molecule has 1 aromatic carbocycles. The van der Waals surface area contributed by atoms with Crippen molar-refractivity contribution >= 4 is 17.2 Å². The van der Waals surface area contributed by atoms with Gasteiger partial charge in [-0.05, 0) is 37.5 Å². The maximum Gasteiger partial charge on any atom is 0.272 e. The molecule has 0 aliphatic rings. The number of para-hydroxylation sites is 1. The first-order valence-electron chi connectivity index (χ1n) is 8.47. The van der Waals surface area contributed by atoms with Crippen LogP contribution >= 0.6 is 11.3 Å². The van der Waals surface area contributed by atoms with Crippen LogP contribution in [0.3, 0.4) is 0 Å². The van der Waals surface area contributed by atoms with Crippen LogP contribution in [-0.2, 0) is 0 Å². The summed E-state index contributed by atoms with van der Waals surface area (Å²) < 4.78 is 15.5. The minimum atomic E-state index is -0.383. The molecule has 0 aliphatic carbocycles. The van der Waals surface area contributed by atoms with Crippen molar-refractivity contribution in [1.29, 1.82) is 0 Å². The van der Waals surface area contributed by atoms with Crippen molar-refractivity contribution in [3.05, 3.63) is 64.1 Å². The Morgan fingerprint density at radius 2 is 2.12 bits per heavy atom. The average Bonchev–Trinajstić information content (AvgIpc) is 3.24. The highest BCUT2D eigenvalue weighted by molar-refractivity contribution is 7.09. The van der Waals surface area contributed by atoms with Gasteiger partial charge in [-0.25, -0.2) is 14.1 Å². The number of rotatable bonds is 6. The van der Waals surface area contributed by atoms with Gasteiger partial charge in [0.05, 0.1) is 6.04 Å². The largest absolute Gasteiger partial charge is 0.341 e. The molecule has 3 rings (SSSR count). The Morgan fingerprint density at radius 1 is 1.35 bits per heavy atom. The standard InChI is InChI=1S/C19H21FN4OS/c1-12(2)10-16(19-21-8-9-26-19)22-18(25)15-11-13(3)24(23-15)17-7-5-4-6-14(17)20/h4-9,11-12,16H,10H2,1-3H3,(H,22,25).